The van der Waals surface area contributed by atoms with Gasteiger partial charge in [-0.2, -0.15) is 0 Å². The Kier molecular flexibility index (Phi) is 21.8. The molecule has 10 aromatic carbocycles. The van der Waals surface area contributed by atoms with E-state index in [-0.39, 0.29) is 68.2 Å². The summed E-state index contributed by atoms with van der Waals surface area (Å²) >= 11 is 24.9. The molecule has 13 rings (SSSR count). The number of para-hydroxylation sites is 3. The number of anilines is 3. The van der Waals surface area contributed by atoms with Crippen LogP contribution in [0.4, 0.5) is 17.1 Å². The Hall–Kier alpha value is -11.5. The number of nitrogens with zero attached hydrogens (tertiary/aromatic N) is 3. The van der Waals surface area contributed by atoms with Crippen LogP contribution < -0.4 is 20.7 Å². The van der Waals surface area contributed by atoms with Gasteiger partial charge in [-0.05, 0) is 140 Å². The number of nitrogens with one attached hydrogen (secondary N) is 3. The van der Waals surface area contributed by atoms with Gasteiger partial charge in [0.1, 0.15) is 22.6 Å². The van der Waals surface area contributed by atoms with E-state index in [1.54, 1.807) is 69.8 Å². The highest BCUT2D eigenvalue weighted by Gasteiger charge is 2.26. The second-order valence-electron chi connectivity index (χ2n) is 23.4. The largest absolute Gasteiger partial charge is 0.507 e. The number of ketones is 1. The zero-order valence-corrected chi connectivity index (χ0v) is 57.4. The van der Waals surface area contributed by atoms with Gasteiger partial charge >= 0.3 is 11.9 Å². The van der Waals surface area contributed by atoms with Gasteiger partial charge in [-0.25, -0.2) is 9.59 Å². The highest BCUT2D eigenvalue weighted by Crippen LogP contribution is 2.36. The second kappa shape index (κ2) is 31.1. The molecule has 22 heteroatoms. The lowest BCUT2D eigenvalue weighted by molar-refractivity contribution is -0.120. The lowest BCUT2D eigenvalue weighted by atomic mass is 9.95. The van der Waals surface area contributed by atoms with Crippen molar-refractivity contribution < 1.29 is 59.0 Å². The first-order chi connectivity index (χ1) is 48.7. The number of phenolic OH excluding ortho intramolecular Hbond substituents is 1. The summed E-state index contributed by atoms with van der Waals surface area (Å²) in [5.74, 6) is -3.50. The number of rotatable bonds is 20. The van der Waals surface area contributed by atoms with Crippen molar-refractivity contribution in [2.75, 3.05) is 35.6 Å². The number of hydrogen-bond acceptors (Lipinski definition) is 13. The maximum atomic E-state index is 13.8. The zero-order valence-electron chi connectivity index (χ0n) is 54.4. The number of carboxylic acids is 2. The van der Waals surface area contributed by atoms with Crippen LogP contribution >= 0.6 is 46.4 Å². The highest BCUT2D eigenvalue weighted by atomic mass is 35.5. The van der Waals surface area contributed by atoms with Crippen LogP contribution in [-0.4, -0.2) is 94.9 Å². The summed E-state index contributed by atoms with van der Waals surface area (Å²) in [6, 6.07) is 60.4. The van der Waals surface area contributed by atoms with Crippen LogP contribution in [-0.2, 0) is 24.2 Å². The number of carbonyl (C=O) groups is 6. The first kappa shape index (κ1) is 70.8. The van der Waals surface area contributed by atoms with Gasteiger partial charge in [-0.3, -0.25) is 28.3 Å². The molecule has 13 aromatic rings. The van der Waals surface area contributed by atoms with Crippen molar-refractivity contribution >= 4 is 143 Å². The molecule has 0 aliphatic rings. The fourth-order valence-corrected chi connectivity index (χ4v) is 13.3. The van der Waals surface area contributed by atoms with E-state index in [9.17, 15) is 49.2 Å². The molecule has 3 aromatic heterocycles. The number of aromatic nitrogens is 3. The van der Waals surface area contributed by atoms with Crippen LogP contribution in [0.2, 0.25) is 20.1 Å². The molecule has 0 aliphatic heterocycles. The van der Waals surface area contributed by atoms with Crippen molar-refractivity contribution in [2.24, 2.45) is 0 Å². The van der Waals surface area contributed by atoms with Crippen LogP contribution in [0.5, 0.6) is 23.0 Å². The maximum Gasteiger partial charge on any atom is 0.339 e. The number of aromatic hydroxyl groups is 3. The molecule has 0 atom stereocenters. The fraction of sp³-hybridized carbons (Fsp3) is 0.114. The van der Waals surface area contributed by atoms with Crippen molar-refractivity contribution in [1.29, 1.82) is 0 Å². The van der Waals surface area contributed by atoms with Gasteiger partial charge in [0.25, 0.3) is 18.3 Å². The van der Waals surface area contributed by atoms with Gasteiger partial charge in [0, 0.05) is 99.7 Å². The van der Waals surface area contributed by atoms with Crippen LogP contribution in [0.15, 0.2) is 206 Å². The predicted octanol–water partition coefficient (Wildman–Crippen LogP) is 17.7. The molecule has 0 spiro atoms. The first-order valence-electron chi connectivity index (χ1n) is 31.7. The summed E-state index contributed by atoms with van der Waals surface area (Å²) < 4.78 is 10.2. The van der Waals surface area contributed by atoms with E-state index in [4.69, 9.17) is 56.2 Å². The summed E-state index contributed by atoms with van der Waals surface area (Å²) in [5.41, 5.74) is 10.6. The van der Waals surface area contributed by atoms with E-state index in [1.165, 1.54) is 30.3 Å². The molecule has 0 radical (unpaired) electrons. The number of benzene rings is 10. The van der Waals surface area contributed by atoms with E-state index < -0.39 is 11.9 Å². The van der Waals surface area contributed by atoms with E-state index in [0.717, 1.165) is 71.7 Å². The Labute approximate surface area is 598 Å². The summed E-state index contributed by atoms with van der Waals surface area (Å²) in [5, 5.41) is 63.2. The molecule has 0 unspecified atom stereocenters. The van der Waals surface area contributed by atoms with Crippen LogP contribution in [0.1, 0.15) is 85.6 Å². The van der Waals surface area contributed by atoms with Gasteiger partial charge in [-0.15, -0.1) is 0 Å². The smallest absolute Gasteiger partial charge is 0.339 e. The Morgan fingerprint density at radius 2 is 0.891 bits per heavy atom. The maximum absolute atomic E-state index is 13.8. The molecule has 0 bridgehead atoms. The third-order valence-corrected chi connectivity index (χ3v) is 19.0. The third-order valence-electron chi connectivity index (χ3n) is 17.4. The van der Waals surface area contributed by atoms with Crippen LogP contribution in [0, 0.1) is 20.8 Å². The normalized spacial score (nSPS) is 11.0. The lowest BCUT2D eigenvalue weighted by Gasteiger charge is -2.12. The summed E-state index contributed by atoms with van der Waals surface area (Å²) in [6.45, 7) is 8.20. The molecular formula is C79H64Cl4N6O12. The van der Waals surface area contributed by atoms with Crippen molar-refractivity contribution in [1.82, 2.24) is 13.7 Å². The Balaban J connectivity index is 0.000000153. The van der Waals surface area contributed by atoms with E-state index in [2.05, 4.69) is 20.5 Å². The Morgan fingerprint density at radius 3 is 1.45 bits per heavy atom. The molecular weight excluding hydrogens is 1370 g/mol. The van der Waals surface area contributed by atoms with Crippen molar-refractivity contribution in [3.63, 3.8) is 0 Å². The predicted molar refractivity (Wildman–Crippen MR) is 398 cm³/mol. The molecule has 0 saturated carbocycles. The number of carboxylic acid groups (broad SMARTS) is 2. The van der Waals surface area contributed by atoms with Gasteiger partial charge < -0.3 is 50.8 Å². The number of phenols is 3. The number of aromatic carboxylic acids is 2. The van der Waals surface area contributed by atoms with Crippen molar-refractivity contribution in [3.05, 3.63) is 288 Å². The van der Waals surface area contributed by atoms with E-state index in [0.29, 0.717) is 88.4 Å². The number of hydrogen-bond donors (Lipinski definition) is 8. The van der Waals surface area contributed by atoms with Gasteiger partial charge in [-0.1, -0.05) is 156 Å². The SMILES string of the molecule is Cc1c(C(=O)c2cccc3ccccc23)c2ccccc2n1CCNc1ccc(O)c(OC=O)c1.Cc1c(CCNc2ccc(C(=O)O)c(O)c2)c2ccccc2n1C(=O)c1cccc(Cl)c1Cl.Cc1c(CCNc2ccc(O)c(C(=O)O)c2)c2ccccc2n1C(=O)c1cccc(Cl)c1Cl. The van der Waals surface area contributed by atoms with Crippen LogP contribution in [0.25, 0.3) is 43.5 Å². The monoisotopic (exact) mass is 1430 g/mol. The molecule has 0 fully saturated rings. The average molecular weight is 1430 g/mol. The minimum Gasteiger partial charge on any atom is -0.507 e. The molecule has 8 N–H and O–H groups in total. The zero-order chi connectivity index (χ0) is 71.8. The summed E-state index contributed by atoms with van der Waals surface area (Å²) in [6.07, 6.45) is 1.18. The standard InChI is InChI=1S/C29H24N2O4.2C25H20Cl2N2O4/c1-19-28(29(34)23-11-6-8-20-7-2-3-9-22(20)23)24-10-4-5-12-25(24)31(19)16-15-30-21-13-14-26(33)27(17-21)35-18-32;1-14-16(11-12-28-15-9-10-18(25(32)33)22(30)13-15)17-5-2-3-8-21(17)29(14)24(31)19-6-4-7-20(26)23(19)27;1-14-16(11-12-28-15-9-10-22(30)19(13-15)25(32)33)17-5-2-3-8-21(17)29(14)24(31)18-6-4-7-20(26)23(18)27/h2-14,17-18,30,33H,15-16H2,1H3;2*2-10,13,28,30H,11-12H2,1H3,(H,32,33). The summed E-state index contributed by atoms with van der Waals surface area (Å²) in [4.78, 5) is 73.6. The molecule has 3 heterocycles. The van der Waals surface area contributed by atoms with Gasteiger partial charge in [0.05, 0.1) is 47.8 Å². The van der Waals surface area contributed by atoms with Gasteiger partial charge in [0.2, 0.25) is 0 Å². The minimum absolute atomic E-state index is 0.0106. The fourth-order valence-electron chi connectivity index (χ4n) is 12.6. The molecule has 0 amide bonds. The molecule has 18 nitrogen and oxygen atoms in total. The lowest BCUT2D eigenvalue weighted by Crippen LogP contribution is -2.15. The second-order valence-corrected chi connectivity index (χ2v) is 25.0. The minimum atomic E-state index is -1.20. The molecule has 0 aliphatic carbocycles. The average Bonchev–Trinajstić information content (AvgIpc) is 1.63. The topological polar surface area (TPSA) is 264 Å². The Bertz CT molecular complexity index is 5400. The molecule has 0 saturated heterocycles. The Morgan fingerprint density at radius 1 is 0.436 bits per heavy atom. The van der Waals surface area contributed by atoms with Crippen molar-refractivity contribution in [2.45, 2.75) is 40.2 Å². The first-order valence-corrected chi connectivity index (χ1v) is 33.2. The molecule has 510 valence electrons. The van der Waals surface area contributed by atoms with E-state index >= 15 is 0 Å². The van der Waals surface area contributed by atoms with E-state index in [1.807, 2.05) is 136 Å². The molecule has 101 heavy (non-hydrogen) atoms. The number of fused-ring (bicyclic) bond motifs is 4. The quantitative estimate of drug-likeness (QED) is 0.0200. The van der Waals surface area contributed by atoms with Crippen LogP contribution in [0.3, 0.4) is 0 Å². The number of halogens is 4. The number of ether oxygens (including phenoxy) is 1. The van der Waals surface area contributed by atoms with Crippen molar-refractivity contribution in [3.8, 4) is 23.0 Å². The third kappa shape index (κ3) is 14.9. The number of carbonyl (C=O) groups excluding carboxylic acids is 4. The summed E-state index contributed by atoms with van der Waals surface area (Å²) in [7, 11) is 0. The highest BCUT2D eigenvalue weighted by molar-refractivity contribution is 6.44. The van der Waals surface area contributed by atoms with Gasteiger partial charge in [0.15, 0.2) is 17.3 Å².